The molecular formula is C13H8BrFN2O. The number of anilines is 1. The Morgan fingerprint density at radius 1 is 1.22 bits per heavy atom. The highest BCUT2D eigenvalue weighted by atomic mass is 79.9. The monoisotopic (exact) mass is 306 g/mol. The highest BCUT2D eigenvalue weighted by molar-refractivity contribution is 9.10. The van der Waals surface area contributed by atoms with Crippen LogP contribution in [-0.4, -0.2) is 0 Å². The third-order valence-corrected chi connectivity index (χ3v) is 3.12. The standard InChI is InChI=1S/C13H8BrFN2O/c14-13-10(17)2-1-3-12(13)18-11-5-4-9(15)6-8(11)7-16/h1-6H,17H2. The maximum absolute atomic E-state index is 13.0. The minimum absolute atomic E-state index is 0.129. The molecule has 2 aromatic rings. The van der Waals surface area contributed by atoms with Crippen LogP contribution < -0.4 is 10.5 Å². The Balaban J connectivity index is 2.41. The number of nitrogen functional groups attached to an aromatic ring is 1. The molecule has 0 bridgehead atoms. The SMILES string of the molecule is N#Cc1cc(F)ccc1Oc1cccc(N)c1Br. The molecule has 0 aliphatic rings. The molecule has 3 nitrogen and oxygen atoms in total. The van der Waals surface area contributed by atoms with E-state index in [0.717, 1.165) is 6.07 Å². The van der Waals surface area contributed by atoms with Gasteiger partial charge in [-0.15, -0.1) is 0 Å². The summed E-state index contributed by atoms with van der Waals surface area (Å²) in [6.45, 7) is 0. The van der Waals surface area contributed by atoms with Gasteiger partial charge in [-0.3, -0.25) is 0 Å². The molecule has 0 aliphatic carbocycles. The average molecular weight is 307 g/mol. The minimum atomic E-state index is -0.481. The number of benzene rings is 2. The van der Waals surface area contributed by atoms with Crippen molar-refractivity contribution in [2.45, 2.75) is 0 Å². The lowest BCUT2D eigenvalue weighted by atomic mass is 10.2. The largest absolute Gasteiger partial charge is 0.455 e. The number of hydrogen-bond acceptors (Lipinski definition) is 3. The highest BCUT2D eigenvalue weighted by Crippen LogP contribution is 2.34. The number of nitrogens with two attached hydrogens (primary N) is 1. The summed E-state index contributed by atoms with van der Waals surface area (Å²) in [5.41, 5.74) is 6.37. The molecule has 0 fully saturated rings. The maximum atomic E-state index is 13.0. The second kappa shape index (κ2) is 5.07. The summed E-state index contributed by atoms with van der Waals surface area (Å²) in [7, 11) is 0. The van der Waals surface area contributed by atoms with Crippen molar-refractivity contribution in [3.05, 3.63) is 52.3 Å². The van der Waals surface area contributed by atoms with Crippen LogP contribution in [0.5, 0.6) is 11.5 Å². The van der Waals surface area contributed by atoms with Crippen LogP contribution in [0.1, 0.15) is 5.56 Å². The van der Waals surface area contributed by atoms with Gasteiger partial charge in [0.1, 0.15) is 23.4 Å². The van der Waals surface area contributed by atoms with Crippen LogP contribution in [-0.2, 0) is 0 Å². The quantitative estimate of drug-likeness (QED) is 0.858. The zero-order valence-electron chi connectivity index (χ0n) is 9.15. The number of nitrogens with zero attached hydrogens (tertiary/aromatic N) is 1. The van der Waals surface area contributed by atoms with Gasteiger partial charge in [-0.05, 0) is 46.3 Å². The van der Waals surface area contributed by atoms with E-state index in [-0.39, 0.29) is 11.3 Å². The zero-order chi connectivity index (χ0) is 13.1. The second-order valence-corrected chi connectivity index (χ2v) is 4.31. The van der Waals surface area contributed by atoms with Crippen LogP contribution in [0, 0.1) is 17.1 Å². The van der Waals surface area contributed by atoms with Crippen molar-refractivity contribution in [1.82, 2.24) is 0 Å². The zero-order valence-corrected chi connectivity index (χ0v) is 10.7. The number of halogens is 2. The normalized spacial score (nSPS) is 9.83. The smallest absolute Gasteiger partial charge is 0.145 e. The summed E-state index contributed by atoms with van der Waals surface area (Å²) in [5.74, 6) is 0.272. The predicted molar refractivity (Wildman–Crippen MR) is 69.7 cm³/mol. The van der Waals surface area contributed by atoms with Gasteiger partial charge < -0.3 is 10.5 Å². The van der Waals surface area contributed by atoms with Gasteiger partial charge in [-0.25, -0.2) is 4.39 Å². The molecule has 0 heterocycles. The molecule has 90 valence electrons. The van der Waals surface area contributed by atoms with E-state index in [1.54, 1.807) is 18.2 Å². The van der Waals surface area contributed by atoms with Crippen molar-refractivity contribution >= 4 is 21.6 Å². The number of nitriles is 1. The fraction of sp³-hybridized carbons (Fsp3) is 0. The number of hydrogen-bond donors (Lipinski definition) is 1. The van der Waals surface area contributed by atoms with Gasteiger partial charge in [0.2, 0.25) is 0 Å². The summed E-state index contributed by atoms with van der Waals surface area (Å²) in [5, 5.41) is 8.91. The Labute approximate surface area is 112 Å². The fourth-order valence-corrected chi connectivity index (χ4v) is 1.75. The first kappa shape index (κ1) is 12.4. The maximum Gasteiger partial charge on any atom is 0.145 e. The van der Waals surface area contributed by atoms with Crippen molar-refractivity contribution in [2.75, 3.05) is 5.73 Å². The first-order chi connectivity index (χ1) is 8.61. The molecule has 0 saturated heterocycles. The lowest BCUT2D eigenvalue weighted by Crippen LogP contribution is -1.93. The summed E-state index contributed by atoms with van der Waals surface area (Å²) in [4.78, 5) is 0. The topological polar surface area (TPSA) is 59.0 Å². The summed E-state index contributed by atoms with van der Waals surface area (Å²) in [6, 6.07) is 10.8. The molecule has 2 rings (SSSR count). The molecule has 0 aliphatic heterocycles. The minimum Gasteiger partial charge on any atom is -0.455 e. The van der Waals surface area contributed by atoms with E-state index in [2.05, 4.69) is 15.9 Å². The van der Waals surface area contributed by atoms with E-state index in [9.17, 15) is 4.39 Å². The molecule has 0 radical (unpaired) electrons. The lowest BCUT2D eigenvalue weighted by molar-refractivity contribution is 0.476. The molecule has 0 spiro atoms. The van der Waals surface area contributed by atoms with Crippen LogP contribution in [0.3, 0.4) is 0 Å². The Kier molecular flexibility index (Phi) is 3.49. The first-order valence-electron chi connectivity index (χ1n) is 5.03. The number of rotatable bonds is 2. The van der Waals surface area contributed by atoms with Crippen molar-refractivity contribution in [1.29, 1.82) is 5.26 Å². The van der Waals surface area contributed by atoms with Crippen molar-refractivity contribution in [3.63, 3.8) is 0 Å². The van der Waals surface area contributed by atoms with Gasteiger partial charge in [0, 0.05) is 5.69 Å². The van der Waals surface area contributed by atoms with E-state index in [0.29, 0.717) is 15.9 Å². The Hall–Kier alpha value is -2.06. The molecule has 0 saturated carbocycles. The molecule has 18 heavy (non-hydrogen) atoms. The summed E-state index contributed by atoms with van der Waals surface area (Å²) in [6.07, 6.45) is 0. The molecular weight excluding hydrogens is 299 g/mol. The van der Waals surface area contributed by atoms with E-state index < -0.39 is 5.82 Å². The lowest BCUT2D eigenvalue weighted by Gasteiger charge is -2.10. The van der Waals surface area contributed by atoms with E-state index >= 15 is 0 Å². The van der Waals surface area contributed by atoms with Gasteiger partial charge >= 0.3 is 0 Å². The van der Waals surface area contributed by atoms with Crippen LogP contribution in [0.15, 0.2) is 40.9 Å². The van der Waals surface area contributed by atoms with Gasteiger partial charge in [-0.1, -0.05) is 6.07 Å². The van der Waals surface area contributed by atoms with Gasteiger partial charge in [0.25, 0.3) is 0 Å². The molecule has 2 N–H and O–H groups in total. The third-order valence-electron chi connectivity index (χ3n) is 2.28. The van der Waals surface area contributed by atoms with Crippen molar-refractivity contribution < 1.29 is 9.13 Å². The molecule has 0 atom stereocenters. The van der Waals surface area contributed by atoms with Gasteiger partial charge in [-0.2, -0.15) is 5.26 Å². The molecule has 2 aromatic carbocycles. The third kappa shape index (κ3) is 2.44. The average Bonchev–Trinajstić information content (AvgIpc) is 2.37. The Morgan fingerprint density at radius 2 is 2.00 bits per heavy atom. The van der Waals surface area contributed by atoms with Gasteiger partial charge in [0.05, 0.1) is 10.0 Å². The Morgan fingerprint density at radius 3 is 2.72 bits per heavy atom. The predicted octanol–water partition coefficient (Wildman–Crippen LogP) is 3.83. The van der Waals surface area contributed by atoms with Crippen molar-refractivity contribution in [2.24, 2.45) is 0 Å². The molecule has 0 unspecified atom stereocenters. The van der Waals surface area contributed by atoms with E-state index in [4.69, 9.17) is 15.7 Å². The van der Waals surface area contributed by atoms with Crippen LogP contribution in [0.25, 0.3) is 0 Å². The van der Waals surface area contributed by atoms with Crippen molar-refractivity contribution in [3.8, 4) is 17.6 Å². The van der Waals surface area contributed by atoms with E-state index in [1.807, 2.05) is 6.07 Å². The van der Waals surface area contributed by atoms with Gasteiger partial charge in [0.15, 0.2) is 0 Å². The summed E-state index contributed by atoms with van der Waals surface area (Å²) >= 11 is 3.29. The molecule has 0 amide bonds. The highest BCUT2D eigenvalue weighted by Gasteiger charge is 2.09. The number of ether oxygens (including phenoxy) is 1. The van der Waals surface area contributed by atoms with Crippen LogP contribution in [0.2, 0.25) is 0 Å². The van der Waals surface area contributed by atoms with Crippen LogP contribution in [0.4, 0.5) is 10.1 Å². The first-order valence-corrected chi connectivity index (χ1v) is 5.82. The second-order valence-electron chi connectivity index (χ2n) is 3.51. The van der Waals surface area contributed by atoms with E-state index in [1.165, 1.54) is 12.1 Å². The summed E-state index contributed by atoms with van der Waals surface area (Å²) < 4.78 is 19.1. The Bertz CT molecular complexity index is 637. The van der Waals surface area contributed by atoms with Crippen LogP contribution >= 0.6 is 15.9 Å². The molecule has 0 aromatic heterocycles. The fourth-order valence-electron chi connectivity index (χ4n) is 1.40. The molecule has 5 heteroatoms.